The lowest BCUT2D eigenvalue weighted by molar-refractivity contribution is 0.166. The van der Waals surface area contributed by atoms with Gasteiger partial charge in [0.1, 0.15) is 0 Å². The van der Waals surface area contributed by atoms with E-state index in [0.29, 0.717) is 0 Å². The van der Waals surface area contributed by atoms with Crippen LogP contribution in [0.25, 0.3) is 0 Å². The van der Waals surface area contributed by atoms with Gasteiger partial charge in [0.05, 0.1) is 7.11 Å². The van der Waals surface area contributed by atoms with Crippen molar-refractivity contribution in [2.75, 3.05) is 7.11 Å². The van der Waals surface area contributed by atoms with Crippen molar-refractivity contribution in [2.45, 2.75) is 0 Å². The van der Waals surface area contributed by atoms with Crippen LogP contribution in [0, 0.1) is 0 Å². The Morgan fingerprint density at radius 2 is 2.43 bits per heavy atom. The lowest BCUT2D eigenvalue weighted by Crippen LogP contribution is -2.41. The number of nitrogens with two attached hydrogens (primary N) is 1. The molecule has 7 heavy (non-hydrogen) atoms. The first kappa shape index (κ1) is 6.19. The van der Waals surface area contributed by atoms with Crippen molar-refractivity contribution in [3.8, 4) is 0 Å². The van der Waals surface area contributed by atoms with E-state index in [1.54, 1.807) is 0 Å². The number of hydrogen-bond donors (Lipinski definition) is 3. The standard InChI is InChI=1S/C2H7N3O2/c1-7-2(6)4-5-3/h5H,3H2,1H3,(H,4,6). The fourth-order valence-electron chi connectivity index (χ4n) is 0.110. The number of rotatable bonds is 1. The van der Waals surface area contributed by atoms with E-state index >= 15 is 0 Å². The second kappa shape index (κ2) is 3.38. The summed E-state index contributed by atoms with van der Waals surface area (Å²) >= 11 is 0. The third-order valence-corrected chi connectivity index (χ3v) is 0.360. The van der Waals surface area contributed by atoms with Crippen LogP contribution in [0.4, 0.5) is 4.79 Å². The first-order valence-electron chi connectivity index (χ1n) is 1.61. The van der Waals surface area contributed by atoms with Gasteiger partial charge in [-0.15, -0.1) is 0 Å². The zero-order valence-electron chi connectivity index (χ0n) is 3.89. The van der Waals surface area contributed by atoms with E-state index in [1.165, 1.54) is 7.11 Å². The predicted octanol–water partition coefficient (Wildman–Crippen LogP) is -1.28. The average Bonchev–Trinajstić information content (AvgIpc) is 1.68. The van der Waals surface area contributed by atoms with Gasteiger partial charge in [-0.3, -0.25) is 5.84 Å². The van der Waals surface area contributed by atoms with Gasteiger partial charge < -0.3 is 4.74 Å². The number of amides is 1. The molecule has 0 bridgehead atoms. The van der Waals surface area contributed by atoms with Crippen molar-refractivity contribution in [1.82, 2.24) is 11.0 Å². The van der Waals surface area contributed by atoms with E-state index in [0.717, 1.165) is 0 Å². The maximum absolute atomic E-state index is 9.94. The van der Waals surface area contributed by atoms with Crippen molar-refractivity contribution < 1.29 is 9.53 Å². The van der Waals surface area contributed by atoms with Crippen LogP contribution in [-0.4, -0.2) is 13.2 Å². The Bertz CT molecular complexity index is 64.0. The molecule has 5 heteroatoms. The summed E-state index contributed by atoms with van der Waals surface area (Å²) in [5.74, 6) is 4.64. The van der Waals surface area contributed by atoms with Gasteiger partial charge in [0.2, 0.25) is 0 Å². The zero-order valence-corrected chi connectivity index (χ0v) is 3.89. The molecule has 0 aliphatic heterocycles. The van der Waals surface area contributed by atoms with Gasteiger partial charge in [-0.1, -0.05) is 0 Å². The number of ether oxygens (including phenoxy) is 1. The molecule has 0 aromatic carbocycles. The molecular formula is C2H7N3O2. The lowest BCUT2D eigenvalue weighted by atomic mass is 11.2. The third-order valence-electron chi connectivity index (χ3n) is 0.360. The molecule has 0 atom stereocenters. The molecule has 0 aromatic rings. The second-order valence-electron chi connectivity index (χ2n) is 0.761. The SMILES string of the molecule is COC(=O)NNN. The zero-order chi connectivity index (χ0) is 5.70. The summed E-state index contributed by atoms with van der Waals surface area (Å²) < 4.78 is 4.10. The molecule has 0 unspecified atom stereocenters. The summed E-state index contributed by atoms with van der Waals surface area (Å²) in [7, 11) is 1.24. The molecule has 0 rings (SSSR count). The fraction of sp³-hybridized carbons (Fsp3) is 0.500. The summed E-state index contributed by atoms with van der Waals surface area (Å²) in [5.41, 5.74) is 3.86. The quantitative estimate of drug-likeness (QED) is 0.287. The van der Waals surface area contributed by atoms with Gasteiger partial charge >= 0.3 is 6.09 Å². The Hall–Kier alpha value is -0.810. The van der Waals surface area contributed by atoms with E-state index in [2.05, 4.69) is 10.6 Å². The summed E-state index contributed by atoms with van der Waals surface area (Å²) in [4.78, 5) is 9.94. The molecule has 5 nitrogen and oxygen atoms in total. The highest BCUT2D eigenvalue weighted by molar-refractivity contribution is 5.66. The Labute approximate surface area is 40.8 Å². The number of hydrazine groups is 2. The first-order chi connectivity index (χ1) is 3.31. The second-order valence-corrected chi connectivity index (χ2v) is 0.761. The molecule has 0 spiro atoms. The summed E-state index contributed by atoms with van der Waals surface area (Å²) in [5, 5.41) is 0. The van der Waals surface area contributed by atoms with Crippen LogP contribution in [0.1, 0.15) is 0 Å². The van der Waals surface area contributed by atoms with Crippen molar-refractivity contribution >= 4 is 6.09 Å². The highest BCUT2D eigenvalue weighted by Crippen LogP contribution is 1.61. The molecule has 4 N–H and O–H groups in total. The Morgan fingerprint density at radius 3 is 2.57 bits per heavy atom. The average molecular weight is 105 g/mol. The number of carbonyl (C=O) groups is 1. The van der Waals surface area contributed by atoms with Crippen molar-refractivity contribution in [3.63, 3.8) is 0 Å². The largest absolute Gasteiger partial charge is 0.452 e. The van der Waals surface area contributed by atoms with Crippen LogP contribution in [0.5, 0.6) is 0 Å². The number of methoxy groups -OCH3 is 1. The molecule has 0 radical (unpaired) electrons. The molecule has 0 fully saturated rings. The molecule has 42 valence electrons. The van der Waals surface area contributed by atoms with E-state index < -0.39 is 6.09 Å². The van der Waals surface area contributed by atoms with Crippen LogP contribution < -0.4 is 16.8 Å². The molecule has 0 heterocycles. The van der Waals surface area contributed by atoms with Gasteiger partial charge in [-0.2, -0.15) is 5.53 Å². The van der Waals surface area contributed by atoms with Gasteiger partial charge in [0, 0.05) is 0 Å². The fourth-order valence-corrected chi connectivity index (χ4v) is 0.110. The van der Waals surface area contributed by atoms with E-state index in [4.69, 9.17) is 0 Å². The summed E-state index contributed by atoms with van der Waals surface area (Å²) in [6.07, 6.45) is -0.609. The Balaban J connectivity index is 3.00. The minimum Gasteiger partial charge on any atom is -0.452 e. The van der Waals surface area contributed by atoms with Gasteiger partial charge in [0.15, 0.2) is 0 Å². The molecule has 0 saturated heterocycles. The maximum Gasteiger partial charge on any atom is 0.422 e. The maximum atomic E-state index is 9.94. The topological polar surface area (TPSA) is 76.4 Å². The monoisotopic (exact) mass is 105 g/mol. The van der Waals surface area contributed by atoms with Crippen LogP contribution in [-0.2, 0) is 4.74 Å². The van der Waals surface area contributed by atoms with Crippen LogP contribution in [0.3, 0.4) is 0 Å². The van der Waals surface area contributed by atoms with Crippen molar-refractivity contribution in [2.24, 2.45) is 5.84 Å². The first-order valence-corrected chi connectivity index (χ1v) is 1.61. The highest BCUT2D eigenvalue weighted by Gasteiger charge is 1.89. The number of carbonyl (C=O) groups excluding carboxylic acids is 1. The smallest absolute Gasteiger partial charge is 0.422 e. The number of nitrogens with one attached hydrogen (secondary N) is 2. The van der Waals surface area contributed by atoms with Crippen LogP contribution in [0.2, 0.25) is 0 Å². The molecule has 0 aromatic heterocycles. The van der Waals surface area contributed by atoms with Crippen LogP contribution >= 0.6 is 0 Å². The summed E-state index contributed by atoms with van der Waals surface area (Å²) in [6.45, 7) is 0. The molecule has 0 aliphatic rings. The summed E-state index contributed by atoms with van der Waals surface area (Å²) in [6, 6.07) is 0. The molecular weight excluding hydrogens is 98.0 g/mol. The molecule has 1 amide bonds. The molecule has 0 saturated carbocycles. The van der Waals surface area contributed by atoms with E-state index in [1.807, 2.05) is 11.0 Å². The van der Waals surface area contributed by atoms with Gasteiger partial charge in [-0.25, -0.2) is 10.2 Å². The molecule has 0 aliphatic carbocycles. The highest BCUT2D eigenvalue weighted by atomic mass is 16.5. The minimum atomic E-state index is -0.609. The lowest BCUT2D eigenvalue weighted by Gasteiger charge is -1.96. The van der Waals surface area contributed by atoms with Gasteiger partial charge in [0.25, 0.3) is 0 Å². The Kier molecular flexibility index (Phi) is 2.99. The third kappa shape index (κ3) is 3.01. The Morgan fingerprint density at radius 1 is 1.86 bits per heavy atom. The van der Waals surface area contributed by atoms with Crippen LogP contribution in [0.15, 0.2) is 0 Å². The van der Waals surface area contributed by atoms with Gasteiger partial charge in [-0.05, 0) is 0 Å². The van der Waals surface area contributed by atoms with E-state index in [9.17, 15) is 4.79 Å². The predicted molar refractivity (Wildman–Crippen MR) is 22.9 cm³/mol. The number of hydrogen-bond acceptors (Lipinski definition) is 4. The van der Waals surface area contributed by atoms with E-state index in [-0.39, 0.29) is 0 Å². The van der Waals surface area contributed by atoms with Crippen molar-refractivity contribution in [1.29, 1.82) is 0 Å². The van der Waals surface area contributed by atoms with Crippen molar-refractivity contribution in [3.05, 3.63) is 0 Å². The normalized spacial score (nSPS) is 7.71. The minimum absolute atomic E-state index is 0.609.